The minimum Gasteiger partial charge on any atom is -0.497 e. The number of hydrogen-bond donors (Lipinski definition) is 2. The van der Waals surface area contributed by atoms with Gasteiger partial charge in [-0.1, -0.05) is 0 Å². The van der Waals surface area contributed by atoms with Crippen molar-refractivity contribution in [3.8, 4) is 11.5 Å². The molecule has 1 heterocycles. The lowest BCUT2D eigenvalue weighted by atomic mass is 10.3. The third-order valence-electron chi connectivity index (χ3n) is 3.23. The number of likely N-dealkylation sites (N-methyl/N-ethyl adjacent to an activating group) is 1. The Hall–Kier alpha value is -2.54. The summed E-state index contributed by atoms with van der Waals surface area (Å²) >= 11 is 0. The summed E-state index contributed by atoms with van der Waals surface area (Å²) in [5.41, 5.74) is 0. The summed E-state index contributed by atoms with van der Waals surface area (Å²) in [4.78, 5) is 10.7. The maximum Gasteiger partial charge on any atom is 0.224 e. The molecule has 0 bridgehead atoms. The number of aromatic nitrogens is 2. The van der Waals surface area contributed by atoms with Gasteiger partial charge in [0.15, 0.2) is 0 Å². The maximum atomic E-state index is 5.67. The van der Waals surface area contributed by atoms with E-state index in [4.69, 9.17) is 9.47 Å². The molecule has 2 aromatic rings. The third kappa shape index (κ3) is 6.29. The molecular weight excluding hydrogens is 306 g/mol. The smallest absolute Gasteiger partial charge is 0.224 e. The molecule has 0 saturated carbocycles. The Kier molecular flexibility index (Phi) is 7.10. The Morgan fingerprint density at radius 1 is 1.00 bits per heavy atom. The SMILES string of the molecule is COc1ccc(OCCNc2ccnc(NCCN(C)C)n2)cc1. The van der Waals surface area contributed by atoms with Crippen molar-refractivity contribution in [2.24, 2.45) is 0 Å². The number of anilines is 2. The molecule has 24 heavy (non-hydrogen) atoms. The highest BCUT2D eigenvalue weighted by molar-refractivity contribution is 5.39. The number of methoxy groups -OCH3 is 1. The van der Waals surface area contributed by atoms with Crippen LogP contribution < -0.4 is 20.1 Å². The number of benzene rings is 1. The topological polar surface area (TPSA) is 71.5 Å². The second-order valence-electron chi connectivity index (χ2n) is 5.45. The molecule has 2 N–H and O–H groups in total. The van der Waals surface area contributed by atoms with Gasteiger partial charge in [0, 0.05) is 19.3 Å². The average molecular weight is 331 g/mol. The maximum absolute atomic E-state index is 5.67. The van der Waals surface area contributed by atoms with Gasteiger partial charge in [0.25, 0.3) is 0 Å². The zero-order chi connectivity index (χ0) is 17.2. The van der Waals surface area contributed by atoms with E-state index >= 15 is 0 Å². The molecule has 0 aliphatic heterocycles. The molecule has 0 aliphatic rings. The molecule has 0 fully saturated rings. The molecule has 7 heteroatoms. The largest absolute Gasteiger partial charge is 0.497 e. The molecule has 7 nitrogen and oxygen atoms in total. The van der Waals surface area contributed by atoms with Crippen LogP contribution >= 0.6 is 0 Å². The van der Waals surface area contributed by atoms with Crippen LogP contribution in [0.15, 0.2) is 36.5 Å². The fourth-order valence-corrected chi connectivity index (χ4v) is 1.95. The van der Waals surface area contributed by atoms with Gasteiger partial charge in [-0.25, -0.2) is 4.98 Å². The van der Waals surface area contributed by atoms with Crippen LogP contribution in [-0.2, 0) is 0 Å². The summed E-state index contributed by atoms with van der Waals surface area (Å²) < 4.78 is 10.8. The fraction of sp³-hybridized carbons (Fsp3) is 0.412. The first-order valence-corrected chi connectivity index (χ1v) is 7.90. The number of nitrogens with zero attached hydrogens (tertiary/aromatic N) is 3. The average Bonchev–Trinajstić information content (AvgIpc) is 2.59. The van der Waals surface area contributed by atoms with E-state index in [1.54, 1.807) is 13.3 Å². The third-order valence-corrected chi connectivity index (χ3v) is 3.23. The first-order valence-electron chi connectivity index (χ1n) is 7.90. The number of hydrogen-bond acceptors (Lipinski definition) is 7. The van der Waals surface area contributed by atoms with Crippen LogP contribution in [0.25, 0.3) is 0 Å². The van der Waals surface area contributed by atoms with Gasteiger partial charge >= 0.3 is 0 Å². The second-order valence-corrected chi connectivity index (χ2v) is 5.45. The molecule has 0 atom stereocenters. The van der Waals surface area contributed by atoms with E-state index in [0.29, 0.717) is 19.1 Å². The minimum absolute atomic E-state index is 0.541. The van der Waals surface area contributed by atoms with E-state index in [-0.39, 0.29) is 0 Å². The van der Waals surface area contributed by atoms with Crippen molar-refractivity contribution in [1.82, 2.24) is 14.9 Å². The van der Waals surface area contributed by atoms with E-state index in [1.807, 2.05) is 44.4 Å². The van der Waals surface area contributed by atoms with Gasteiger partial charge in [0.2, 0.25) is 5.95 Å². The van der Waals surface area contributed by atoms with Crippen molar-refractivity contribution in [3.05, 3.63) is 36.5 Å². The summed E-state index contributed by atoms with van der Waals surface area (Å²) in [6, 6.07) is 9.36. The molecule has 0 radical (unpaired) electrons. The number of nitrogens with one attached hydrogen (secondary N) is 2. The van der Waals surface area contributed by atoms with Gasteiger partial charge in [-0.15, -0.1) is 0 Å². The highest BCUT2D eigenvalue weighted by Crippen LogP contribution is 2.16. The van der Waals surface area contributed by atoms with Crippen molar-refractivity contribution in [3.63, 3.8) is 0 Å². The summed E-state index contributed by atoms with van der Waals surface area (Å²) in [6.07, 6.45) is 1.73. The Morgan fingerprint density at radius 3 is 2.46 bits per heavy atom. The van der Waals surface area contributed by atoms with Crippen LogP contribution in [-0.4, -0.2) is 62.3 Å². The molecule has 1 aromatic heterocycles. The molecule has 130 valence electrons. The van der Waals surface area contributed by atoms with Gasteiger partial charge in [-0.2, -0.15) is 4.98 Å². The summed E-state index contributed by atoms with van der Waals surface area (Å²) in [5, 5.41) is 6.42. The van der Waals surface area contributed by atoms with Crippen LogP contribution in [0.5, 0.6) is 11.5 Å². The fourth-order valence-electron chi connectivity index (χ4n) is 1.95. The first-order chi connectivity index (χ1) is 11.7. The first kappa shape index (κ1) is 17.8. The lowest BCUT2D eigenvalue weighted by Gasteiger charge is -2.11. The van der Waals surface area contributed by atoms with Gasteiger partial charge < -0.3 is 25.0 Å². The predicted octanol–water partition coefficient (Wildman–Crippen LogP) is 1.95. The Bertz CT molecular complexity index is 604. The minimum atomic E-state index is 0.541. The normalized spacial score (nSPS) is 10.5. The van der Waals surface area contributed by atoms with Crippen LogP contribution in [0.4, 0.5) is 11.8 Å². The lowest BCUT2D eigenvalue weighted by Crippen LogP contribution is -2.21. The zero-order valence-corrected chi connectivity index (χ0v) is 14.5. The van der Waals surface area contributed by atoms with Gasteiger partial charge in [-0.3, -0.25) is 0 Å². The lowest BCUT2D eigenvalue weighted by molar-refractivity contribution is 0.331. The number of ether oxygens (including phenoxy) is 2. The van der Waals surface area contributed by atoms with Crippen molar-refractivity contribution in [2.45, 2.75) is 0 Å². The van der Waals surface area contributed by atoms with Crippen molar-refractivity contribution in [2.75, 3.05) is 58.1 Å². The monoisotopic (exact) mass is 331 g/mol. The van der Waals surface area contributed by atoms with Crippen LogP contribution in [0, 0.1) is 0 Å². The van der Waals surface area contributed by atoms with Crippen molar-refractivity contribution in [1.29, 1.82) is 0 Å². The van der Waals surface area contributed by atoms with E-state index in [0.717, 1.165) is 30.4 Å². The quantitative estimate of drug-likeness (QED) is 0.645. The van der Waals surface area contributed by atoms with E-state index < -0.39 is 0 Å². The van der Waals surface area contributed by atoms with E-state index in [2.05, 4.69) is 25.5 Å². The molecule has 0 aliphatic carbocycles. The zero-order valence-electron chi connectivity index (χ0n) is 14.5. The molecule has 1 aromatic carbocycles. The Balaban J connectivity index is 1.71. The summed E-state index contributed by atoms with van der Waals surface area (Å²) in [6.45, 7) is 2.92. The molecule has 2 rings (SSSR count). The van der Waals surface area contributed by atoms with Gasteiger partial charge in [0.1, 0.15) is 23.9 Å². The summed E-state index contributed by atoms with van der Waals surface area (Å²) in [5.74, 6) is 3.02. The number of rotatable bonds is 10. The van der Waals surface area contributed by atoms with Crippen molar-refractivity contribution >= 4 is 11.8 Å². The van der Waals surface area contributed by atoms with E-state index in [1.165, 1.54) is 0 Å². The molecule has 0 unspecified atom stereocenters. The second kappa shape index (κ2) is 9.57. The predicted molar refractivity (Wildman–Crippen MR) is 96.1 cm³/mol. The highest BCUT2D eigenvalue weighted by atomic mass is 16.5. The van der Waals surface area contributed by atoms with Gasteiger partial charge in [-0.05, 0) is 44.4 Å². The van der Waals surface area contributed by atoms with E-state index in [9.17, 15) is 0 Å². The Labute approximate surface area is 143 Å². The summed E-state index contributed by atoms with van der Waals surface area (Å²) in [7, 11) is 5.71. The van der Waals surface area contributed by atoms with Crippen molar-refractivity contribution < 1.29 is 9.47 Å². The Morgan fingerprint density at radius 2 is 1.75 bits per heavy atom. The molecular formula is C17H25N5O2. The molecule has 0 amide bonds. The van der Waals surface area contributed by atoms with Gasteiger partial charge in [0.05, 0.1) is 13.7 Å². The highest BCUT2D eigenvalue weighted by Gasteiger charge is 2.00. The van der Waals surface area contributed by atoms with Crippen LogP contribution in [0.3, 0.4) is 0 Å². The van der Waals surface area contributed by atoms with Crippen LogP contribution in [0.2, 0.25) is 0 Å². The standard InChI is InChI=1S/C17H25N5O2/c1-22(2)12-10-20-17-19-9-8-16(21-17)18-11-13-24-15-6-4-14(23-3)5-7-15/h4-9H,10-13H2,1-3H3,(H2,18,19,20,21). The molecule has 0 spiro atoms. The molecule has 0 saturated heterocycles. The van der Waals surface area contributed by atoms with Crippen LogP contribution in [0.1, 0.15) is 0 Å².